The van der Waals surface area contributed by atoms with Crippen LogP contribution in [0.3, 0.4) is 0 Å². The zero-order valence-electron chi connectivity index (χ0n) is 11.9. The summed E-state index contributed by atoms with van der Waals surface area (Å²) in [4.78, 5) is 5.56. The molecule has 0 fully saturated rings. The molecular formula is C10H2Br9NO3S4. The van der Waals surface area contributed by atoms with Crippen LogP contribution < -0.4 is 0 Å². The number of rotatable bonds is 4. The maximum atomic E-state index is 13.2. The highest BCUT2D eigenvalue weighted by Gasteiger charge is 2.25. The number of nitrogens with zero attached hydrogens (tertiary/aromatic N) is 1. The Balaban J connectivity index is 2.82. The maximum Gasteiger partial charge on any atom is 0.246 e. The molecular weight excluding hydrogens is 1030 g/mol. The lowest BCUT2D eigenvalue weighted by molar-refractivity contribution is 0.423. The Labute approximate surface area is 238 Å². The summed E-state index contributed by atoms with van der Waals surface area (Å²) < 4.78 is 32.4. The second kappa shape index (κ2) is 10.4. The third-order valence-electron chi connectivity index (χ3n) is 2.55. The molecule has 152 valence electrons. The van der Waals surface area contributed by atoms with E-state index in [0.29, 0.717) is 29.7 Å². The largest absolute Gasteiger partial charge is 0.270 e. The number of halogens is 9. The first kappa shape index (κ1) is 27.0. The lowest BCUT2D eigenvalue weighted by atomic mass is 10.3. The Bertz CT molecular complexity index is 1130. The highest BCUT2D eigenvalue weighted by Crippen LogP contribution is 2.44. The molecule has 17 heteroatoms. The van der Waals surface area contributed by atoms with E-state index in [0.717, 1.165) is 12.0 Å². The first-order valence-electron chi connectivity index (χ1n) is 5.87. The maximum absolute atomic E-state index is 13.2. The minimum absolute atomic E-state index is 0.324. The first-order chi connectivity index (χ1) is 12.2. The topological polar surface area (TPSA) is 56.3 Å². The second-order valence-electron chi connectivity index (χ2n) is 4.28. The normalized spacial score (nSPS) is 16.8. The lowest BCUT2D eigenvalue weighted by Gasteiger charge is -2.13. The van der Waals surface area contributed by atoms with Crippen molar-refractivity contribution >= 4 is 196 Å². The van der Waals surface area contributed by atoms with Gasteiger partial charge in [0.15, 0.2) is 4.34 Å². The molecule has 2 aromatic rings. The summed E-state index contributed by atoms with van der Waals surface area (Å²) in [6.07, 6.45) is 0. The first-order valence-corrected chi connectivity index (χ1v) is 19.8. The molecule has 4 nitrogen and oxygen atoms in total. The predicted molar refractivity (Wildman–Crippen MR) is 152 cm³/mol. The van der Waals surface area contributed by atoms with Crippen molar-refractivity contribution < 1.29 is 12.6 Å². The van der Waals surface area contributed by atoms with Crippen LogP contribution in [0.2, 0.25) is 0 Å². The highest BCUT2D eigenvalue weighted by atomic mass is 80.0. The van der Waals surface area contributed by atoms with Gasteiger partial charge in [-0.15, -0.1) is 11.3 Å². The van der Waals surface area contributed by atoms with E-state index in [1.165, 1.54) is 11.3 Å². The van der Waals surface area contributed by atoms with Crippen molar-refractivity contribution in [2.45, 2.75) is 16.5 Å². The minimum atomic E-state index is -2.82. The zero-order valence-corrected chi connectivity index (χ0v) is 29.4. The summed E-state index contributed by atoms with van der Waals surface area (Å²) in [6, 6.07) is 3.51. The monoisotopic (exact) mass is 1020 g/mol. The number of hydrogen-bond donors (Lipinski definition) is 0. The van der Waals surface area contributed by atoms with Crippen molar-refractivity contribution in [3.63, 3.8) is 0 Å². The summed E-state index contributed by atoms with van der Waals surface area (Å²) in [5, 5.41) is 0. The third-order valence-corrected chi connectivity index (χ3v) is 23.6. The van der Waals surface area contributed by atoms with Crippen LogP contribution in [0.1, 0.15) is 0 Å². The van der Waals surface area contributed by atoms with Crippen LogP contribution in [0.15, 0.2) is 26.3 Å². The Kier molecular flexibility index (Phi) is 10.4. The fourth-order valence-corrected chi connectivity index (χ4v) is 9.95. The fourth-order valence-electron chi connectivity index (χ4n) is 1.56. The van der Waals surface area contributed by atoms with Gasteiger partial charge < -0.3 is 0 Å². The summed E-state index contributed by atoms with van der Waals surface area (Å²) in [7, 11) is -5.57. The Hall–Kier alpha value is 3.78. The molecule has 0 aliphatic rings. The van der Waals surface area contributed by atoms with Crippen molar-refractivity contribution in [1.82, 2.24) is 4.98 Å². The van der Waals surface area contributed by atoms with E-state index >= 15 is 0 Å². The lowest BCUT2D eigenvalue weighted by Crippen LogP contribution is -2.01. The van der Waals surface area contributed by atoms with Crippen LogP contribution in [0.25, 0.3) is 10.2 Å². The van der Waals surface area contributed by atoms with Gasteiger partial charge in [-0.1, -0.05) is 0 Å². The molecule has 0 saturated heterocycles. The van der Waals surface area contributed by atoms with Gasteiger partial charge in [-0.3, -0.25) is 4.18 Å². The molecule has 2 atom stereocenters. The van der Waals surface area contributed by atoms with Gasteiger partial charge in [0.1, 0.15) is 13.3 Å². The molecule has 0 saturated carbocycles. The molecule has 2 rings (SSSR count). The Morgan fingerprint density at radius 2 is 1.59 bits per heavy atom. The number of alkyl halides is 3. The van der Waals surface area contributed by atoms with E-state index in [1.807, 2.05) is 6.07 Å². The van der Waals surface area contributed by atoms with E-state index in [1.54, 1.807) is 6.07 Å². The second-order valence-corrected chi connectivity index (χ2v) is 29.4. The van der Waals surface area contributed by atoms with E-state index in [2.05, 4.69) is 146 Å². The summed E-state index contributed by atoms with van der Waals surface area (Å²) in [5.41, 5.74) is 0.467. The molecule has 1 heterocycles. The zero-order chi connectivity index (χ0) is 20.8. The van der Waals surface area contributed by atoms with Gasteiger partial charge in [-0.05, 0) is 124 Å². The van der Waals surface area contributed by atoms with Gasteiger partial charge in [0.25, 0.3) is 0 Å². The molecule has 1 aromatic heterocycles. The third kappa shape index (κ3) is 6.88. The minimum Gasteiger partial charge on any atom is -0.270 e. The summed E-state index contributed by atoms with van der Waals surface area (Å²) in [5.74, 6) is 0. The molecule has 2 unspecified atom stereocenters. The number of benzene rings is 1. The van der Waals surface area contributed by atoms with Gasteiger partial charge in [-0.25, -0.2) is 13.4 Å². The van der Waals surface area contributed by atoms with Gasteiger partial charge in [0, 0.05) is 46.6 Å². The molecule has 0 aliphatic heterocycles. The Morgan fingerprint density at radius 1 is 1.04 bits per heavy atom. The fraction of sp³-hybridized carbons (Fsp3) is 0.100. The molecule has 27 heavy (non-hydrogen) atoms. The predicted octanol–water partition coefficient (Wildman–Crippen LogP) is 8.78. The van der Waals surface area contributed by atoms with Crippen molar-refractivity contribution in [2.24, 2.45) is 0 Å². The summed E-state index contributed by atoms with van der Waals surface area (Å²) in [6.45, 7) is 0. The molecule has 0 aliphatic carbocycles. The van der Waals surface area contributed by atoms with Crippen LogP contribution >= 0.6 is 165 Å². The molecule has 0 bridgehead atoms. The SMILES string of the molecule is O=S(Br)(=C(Br)Br)c1nc2c(S(=O)(Br)=C(Br)Br)cc(SOC(Br)(Br)Br)cc2s1. The smallest absolute Gasteiger partial charge is 0.246 e. The molecule has 1 aromatic carbocycles. The van der Waals surface area contributed by atoms with E-state index in [4.69, 9.17) is 4.18 Å². The van der Waals surface area contributed by atoms with Crippen LogP contribution in [-0.4, -0.2) is 21.1 Å². The van der Waals surface area contributed by atoms with Crippen LogP contribution in [0.4, 0.5) is 0 Å². The van der Waals surface area contributed by atoms with E-state index < -0.39 is 18.2 Å². The molecule has 0 radical (unpaired) electrons. The van der Waals surface area contributed by atoms with Crippen molar-refractivity contribution in [2.75, 3.05) is 0 Å². The van der Waals surface area contributed by atoms with Crippen LogP contribution in [0, 0.1) is 0 Å². The average molecular weight is 1030 g/mol. The van der Waals surface area contributed by atoms with Gasteiger partial charge in [0.05, 0.1) is 23.1 Å². The van der Waals surface area contributed by atoms with Gasteiger partial charge in [0.2, 0.25) is 2.33 Å². The molecule has 0 spiro atoms. The standard InChI is InChI=1S/C10H2Br9NO3S4/c11-7(12)26(18,21)5-2-3(25-23-10(15,16)17)1-4-6(5)20-9(24-4)27(19,22)8(13)14/h1-2H. The summed E-state index contributed by atoms with van der Waals surface area (Å²) >= 11 is 31.3. The number of aromatic nitrogens is 1. The number of hydrogen-bond acceptors (Lipinski definition) is 6. The number of thiazole rings is 1. The van der Waals surface area contributed by atoms with Crippen molar-refractivity contribution in [3.05, 3.63) is 12.1 Å². The van der Waals surface area contributed by atoms with E-state index in [-0.39, 0.29) is 0 Å². The van der Waals surface area contributed by atoms with Gasteiger partial charge >= 0.3 is 0 Å². The molecule has 0 amide bonds. The average Bonchev–Trinajstić information content (AvgIpc) is 2.95. The van der Waals surface area contributed by atoms with E-state index in [9.17, 15) is 8.42 Å². The molecule has 0 N–H and O–H groups in total. The number of fused-ring (bicyclic) bond motifs is 1. The quantitative estimate of drug-likeness (QED) is 0.133. The highest BCUT2D eigenvalue weighted by molar-refractivity contribution is 9.56. The van der Waals surface area contributed by atoms with Crippen molar-refractivity contribution in [1.29, 1.82) is 0 Å². The van der Waals surface area contributed by atoms with Crippen LogP contribution in [0.5, 0.6) is 0 Å². The van der Waals surface area contributed by atoms with Crippen LogP contribution in [-0.2, 0) is 20.1 Å². The van der Waals surface area contributed by atoms with Crippen molar-refractivity contribution in [3.8, 4) is 0 Å². The van der Waals surface area contributed by atoms with Gasteiger partial charge in [-0.2, -0.15) is 0 Å². The Morgan fingerprint density at radius 3 is 2.07 bits per heavy atom.